The summed E-state index contributed by atoms with van der Waals surface area (Å²) >= 11 is 2.15. The van der Waals surface area contributed by atoms with Crippen LogP contribution >= 0.6 is 22.6 Å². The Balaban J connectivity index is 1.96. The lowest BCUT2D eigenvalue weighted by molar-refractivity contribution is -0.140. The maximum absolute atomic E-state index is 13.3. The van der Waals surface area contributed by atoms with Gasteiger partial charge in [0, 0.05) is 32.2 Å². The van der Waals surface area contributed by atoms with Crippen molar-refractivity contribution in [1.82, 2.24) is 10.2 Å². The predicted octanol–water partition coefficient (Wildman–Crippen LogP) is 2.58. The van der Waals surface area contributed by atoms with Gasteiger partial charge in [-0.25, -0.2) is 0 Å². The number of rotatable bonds is 11. The number of aliphatic hydroxyl groups is 2. The molecule has 3 rings (SSSR count). The number of aliphatic hydroxyl groups excluding tert-OH is 2. The number of nitrogens with zero attached hydrogens (tertiary/aromatic N) is 1. The molecule has 0 radical (unpaired) electrons. The first-order valence-electron chi connectivity index (χ1n) is 11.9. The Morgan fingerprint density at radius 3 is 2.56 bits per heavy atom. The molecule has 3 atom stereocenters. The first-order chi connectivity index (χ1) is 17.3. The highest BCUT2D eigenvalue weighted by Crippen LogP contribution is 2.30. The molecule has 0 bridgehead atoms. The molecule has 8 nitrogen and oxygen atoms in total. The second-order valence-corrected chi connectivity index (χ2v) is 9.86. The minimum Gasteiger partial charge on any atom is -0.482 e. The minimum atomic E-state index is -1.08. The van der Waals surface area contributed by atoms with Gasteiger partial charge in [-0.1, -0.05) is 42.0 Å². The predicted molar refractivity (Wildman–Crippen MR) is 144 cm³/mol. The third-order valence-electron chi connectivity index (χ3n) is 6.03. The lowest BCUT2D eigenvalue weighted by atomic mass is 9.87. The highest BCUT2D eigenvalue weighted by molar-refractivity contribution is 14.1. The zero-order chi connectivity index (χ0) is 26.1. The molecule has 3 N–H and O–H groups in total. The third kappa shape index (κ3) is 7.52. The van der Waals surface area contributed by atoms with Crippen LogP contribution in [0.2, 0.25) is 0 Å². The van der Waals surface area contributed by atoms with Crippen molar-refractivity contribution in [3.05, 3.63) is 74.9 Å². The number of carbonyl (C=O) groups excluding carboxylic acids is 2. The number of hydrogen-bond donors (Lipinski definition) is 3. The van der Waals surface area contributed by atoms with Gasteiger partial charge in [0.2, 0.25) is 11.8 Å². The summed E-state index contributed by atoms with van der Waals surface area (Å²) in [5.74, 6) is 0.0217. The first-order valence-corrected chi connectivity index (χ1v) is 12.9. The van der Waals surface area contributed by atoms with Gasteiger partial charge in [-0.3, -0.25) is 9.59 Å². The molecule has 1 aliphatic carbocycles. The van der Waals surface area contributed by atoms with Crippen molar-refractivity contribution >= 4 is 34.4 Å². The molecule has 2 aromatic rings. The van der Waals surface area contributed by atoms with Crippen LogP contribution in [-0.2, 0) is 20.9 Å². The number of para-hydroxylation sites is 1. The quantitative estimate of drug-likeness (QED) is 0.339. The van der Waals surface area contributed by atoms with Crippen LogP contribution in [0.25, 0.3) is 0 Å². The van der Waals surface area contributed by atoms with E-state index in [2.05, 4.69) is 27.9 Å². The number of amides is 2. The Morgan fingerprint density at radius 2 is 1.89 bits per heavy atom. The largest absolute Gasteiger partial charge is 0.482 e. The Labute approximate surface area is 225 Å². The monoisotopic (exact) mass is 608 g/mol. The van der Waals surface area contributed by atoms with Crippen molar-refractivity contribution in [3.8, 4) is 5.75 Å². The number of ether oxygens (including phenoxy) is 2. The molecule has 0 aromatic heterocycles. The molecule has 0 unspecified atom stereocenters. The molecule has 0 saturated carbocycles. The number of methoxy groups -OCH3 is 1. The number of aryl methyl sites for hydroxylation is 1. The lowest BCUT2D eigenvalue weighted by Gasteiger charge is -2.40. The molecule has 9 heteroatoms. The standard InChI is InChI=1S/C27H33IN2O6/c1-18-7-9-19(10-8-18)17-30(25(32)11-14-35-2)22-15-20(27(34)29-12-13-31)16-24(26(22)33)36-23-6-4-3-5-21(23)28/h3-10,16,22,24,26,31,33H,11-15,17H2,1-2H3,(H,29,34)/t22-,24+,26+/m1/s1. The van der Waals surface area contributed by atoms with E-state index in [0.29, 0.717) is 11.3 Å². The van der Waals surface area contributed by atoms with Crippen molar-refractivity contribution < 1.29 is 29.3 Å². The fourth-order valence-corrected chi connectivity index (χ4v) is 4.59. The van der Waals surface area contributed by atoms with E-state index >= 15 is 0 Å². The average molecular weight is 608 g/mol. The van der Waals surface area contributed by atoms with Crippen LogP contribution in [-0.4, -0.2) is 72.0 Å². The van der Waals surface area contributed by atoms with Crippen LogP contribution in [0.3, 0.4) is 0 Å². The first kappa shape index (κ1) is 28.1. The second kappa shape index (κ2) is 13.7. The van der Waals surface area contributed by atoms with E-state index in [0.717, 1.165) is 14.7 Å². The van der Waals surface area contributed by atoms with Crippen molar-refractivity contribution in [3.63, 3.8) is 0 Å². The number of hydrogen-bond acceptors (Lipinski definition) is 6. The van der Waals surface area contributed by atoms with Gasteiger partial charge < -0.3 is 29.9 Å². The number of benzene rings is 2. The number of halogens is 1. The van der Waals surface area contributed by atoms with Gasteiger partial charge in [0.25, 0.3) is 0 Å². The van der Waals surface area contributed by atoms with Gasteiger partial charge >= 0.3 is 0 Å². The molecule has 0 spiro atoms. The van der Waals surface area contributed by atoms with Crippen molar-refractivity contribution in [2.75, 3.05) is 26.9 Å². The Bertz CT molecular complexity index is 1060. The summed E-state index contributed by atoms with van der Waals surface area (Å²) < 4.78 is 12.1. The maximum Gasteiger partial charge on any atom is 0.247 e. The average Bonchev–Trinajstić information content (AvgIpc) is 2.88. The molecule has 194 valence electrons. The van der Waals surface area contributed by atoms with Gasteiger partial charge in [0.15, 0.2) is 0 Å². The van der Waals surface area contributed by atoms with Crippen molar-refractivity contribution in [2.24, 2.45) is 0 Å². The van der Waals surface area contributed by atoms with Crippen LogP contribution in [0.1, 0.15) is 24.0 Å². The number of carbonyl (C=O) groups is 2. The number of nitrogens with one attached hydrogen (secondary N) is 1. The highest BCUT2D eigenvalue weighted by atomic mass is 127. The molecule has 0 heterocycles. The SMILES string of the molecule is COCCC(=O)N(Cc1ccc(C)cc1)[C@@H]1CC(C(=O)NCCO)=C[C@H](Oc2ccccc2I)[C@H]1O. The van der Waals surface area contributed by atoms with E-state index in [1.165, 1.54) is 7.11 Å². The molecule has 0 aliphatic heterocycles. The summed E-state index contributed by atoms with van der Waals surface area (Å²) in [5, 5.41) is 23.3. The van der Waals surface area contributed by atoms with Crippen LogP contribution < -0.4 is 10.1 Å². The van der Waals surface area contributed by atoms with Crippen molar-refractivity contribution in [1.29, 1.82) is 0 Å². The summed E-state index contributed by atoms with van der Waals surface area (Å²) in [6.07, 6.45) is -0.0311. The Morgan fingerprint density at radius 1 is 1.17 bits per heavy atom. The second-order valence-electron chi connectivity index (χ2n) is 8.70. The minimum absolute atomic E-state index is 0.103. The van der Waals surface area contributed by atoms with Crippen LogP contribution in [0, 0.1) is 10.5 Å². The van der Waals surface area contributed by atoms with E-state index in [1.54, 1.807) is 17.0 Å². The van der Waals surface area contributed by atoms with Gasteiger partial charge in [0.1, 0.15) is 18.0 Å². The van der Waals surface area contributed by atoms with E-state index in [4.69, 9.17) is 14.6 Å². The molecule has 0 fully saturated rings. The normalized spacial score (nSPS) is 19.4. The van der Waals surface area contributed by atoms with Crippen LogP contribution in [0.15, 0.2) is 60.2 Å². The lowest BCUT2D eigenvalue weighted by Crippen LogP contribution is -2.55. The fraction of sp³-hybridized carbons (Fsp3) is 0.407. The van der Waals surface area contributed by atoms with E-state index < -0.39 is 18.2 Å². The van der Waals surface area contributed by atoms with Gasteiger partial charge in [-0.2, -0.15) is 0 Å². The fourth-order valence-electron chi connectivity index (χ4n) is 4.08. The van der Waals surface area contributed by atoms with Crippen LogP contribution in [0.5, 0.6) is 5.75 Å². The van der Waals surface area contributed by atoms with Crippen LogP contribution in [0.4, 0.5) is 0 Å². The third-order valence-corrected chi connectivity index (χ3v) is 6.92. The molecule has 1 aliphatic rings. The molecule has 2 amide bonds. The molecule has 2 aromatic carbocycles. The molecular formula is C27H33IN2O6. The molecular weight excluding hydrogens is 575 g/mol. The summed E-state index contributed by atoms with van der Waals surface area (Å²) in [6.45, 7) is 2.41. The van der Waals surface area contributed by atoms with E-state index in [9.17, 15) is 14.7 Å². The maximum atomic E-state index is 13.3. The molecule has 36 heavy (non-hydrogen) atoms. The summed E-state index contributed by atoms with van der Waals surface area (Å²) in [4.78, 5) is 27.8. The zero-order valence-electron chi connectivity index (χ0n) is 20.5. The highest BCUT2D eigenvalue weighted by Gasteiger charge is 2.40. The van der Waals surface area contributed by atoms with Gasteiger partial charge in [0.05, 0.1) is 29.2 Å². The topological polar surface area (TPSA) is 108 Å². The Hall–Kier alpha value is -2.47. The van der Waals surface area contributed by atoms with Gasteiger partial charge in [-0.15, -0.1) is 0 Å². The smallest absolute Gasteiger partial charge is 0.247 e. The van der Waals surface area contributed by atoms with Crippen molar-refractivity contribution in [2.45, 2.75) is 44.6 Å². The van der Waals surface area contributed by atoms with E-state index in [1.807, 2.05) is 49.4 Å². The Kier molecular flexibility index (Phi) is 10.7. The summed E-state index contributed by atoms with van der Waals surface area (Å²) in [5.41, 5.74) is 2.41. The molecule has 0 saturated heterocycles. The summed E-state index contributed by atoms with van der Waals surface area (Å²) in [6, 6.07) is 14.5. The van der Waals surface area contributed by atoms with E-state index in [-0.39, 0.29) is 51.0 Å². The summed E-state index contributed by atoms with van der Waals surface area (Å²) in [7, 11) is 1.53. The van der Waals surface area contributed by atoms with Gasteiger partial charge in [-0.05, 0) is 53.3 Å². The zero-order valence-corrected chi connectivity index (χ0v) is 22.7.